The summed E-state index contributed by atoms with van der Waals surface area (Å²) in [5.74, 6) is -2.11. The second-order valence-corrected chi connectivity index (χ2v) is 16.3. The van der Waals surface area contributed by atoms with Gasteiger partial charge in [-0.3, -0.25) is 23.9 Å². The highest BCUT2D eigenvalue weighted by molar-refractivity contribution is 7.91. The van der Waals surface area contributed by atoms with Crippen molar-refractivity contribution >= 4 is 52.3 Å². The monoisotopic (exact) mass is 739 g/mol. The number of nitrogens with zero attached hydrogens (tertiary/aromatic N) is 2. The molecule has 3 aromatic rings. The molecule has 3 N–H and O–H groups in total. The molecule has 53 heavy (non-hydrogen) atoms. The van der Waals surface area contributed by atoms with Crippen LogP contribution in [0.4, 0.5) is 4.79 Å². The molecule has 3 fully saturated rings. The summed E-state index contributed by atoms with van der Waals surface area (Å²) in [7, 11) is 3.19. The highest BCUT2D eigenvalue weighted by Crippen LogP contribution is 2.46. The van der Waals surface area contributed by atoms with Gasteiger partial charge in [-0.25, -0.2) is 13.4 Å². The number of methoxy groups -OCH3 is 1. The molecule has 2 aromatic carbocycles. The second kappa shape index (κ2) is 14.8. The van der Waals surface area contributed by atoms with Crippen LogP contribution < -0.4 is 24.8 Å². The first-order valence-electron chi connectivity index (χ1n) is 18.1. The quantitative estimate of drug-likeness (QED) is 0.231. The van der Waals surface area contributed by atoms with E-state index in [1.54, 1.807) is 19.2 Å². The highest BCUT2D eigenvalue weighted by Gasteiger charge is 2.62. The van der Waals surface area contributed by atoms with E-state index in [1.165, 1.54) is 4.90 Å². The van der Waals surface area contributed by atoms with Crippen LogP contribution in [0.3, 0.4) is 0 Å². The van der Waals surface area contributed by atoms with Gasteiger partial charge in [-0.2, -0.15) is 0 Å². The van der Waals surface area contributed by atoms with Crippen molar-refractivity contribution < 1.29 is 37.1 Å². The molecule has 2 saturated carbocycles. The molecule has 4 amide bonds. The number of carbonyl (C=O) groups is 4. The lowest BCUT2D eigenvalue weighted by Crippen LogP contribution is -2.58. The molecule has 1 saturated heterocycles. The summed E-state index contributed by atoms with van der Waals surface area (Å²) in [6, 6.07) is 14.7. The molecule has 2 aliphatic heterocycles. The molecule has 2 aliphatic carbocycles. The van der Waals surface area contributed by atoms with Gasteiger partial charge in [0.25, 0.3) is 5.91 Å². The maximum atomic E-state index is 14.3. The number of hydrogen-bond donors (Lipinski definition) is 3. The number of carbonyl (C=O) groups excluding carboxylic acids is 4. The molecule has 0 bridgehead atoms. The average molecular weight is 740 g/mol. The third-order valence-electron chi connectivity index (χ3n) is 10.5. The first-order valence-corrected chi connectivity index (χ1v) is 19.6. The molecule has 1 aromatic heterocycles. The molecule has 2 radical (unpaired) electrons. The zero-order valence-electron chi connectivity index (χ0n) is 29.5. The van der Waals surface area contributed by atoms with Crippen LogP contribution >= 0.6 is 0 Å². The minimum atomic E-state index is -3.89. The Morgan fingerprint density at radius 1 is 1.04 bits per heavy atom. The fourth-order valence-electron chi connectivity index (χ4n) is 7.36. The van der Waals surface area contributed by atoms with Crippen molar-refractivity contribution in [1.82, 2.24) is 25.2 Å². The van der Waals surface area contributed by atoms with Gasteiger partial charge < -0.3 is 25.0 Å². The smallest absolute Gasteiger partial charge is 0.259 e. The van der Waals surface area contributed by atoms with Gasteiger partial charge in [-0.15, -0.1) is 0 Å². The number of amides is 4. The van der Waals surface area contributed by atoms with Crippen molar-refractivity contribution in [3.05, 3.63) is 66.7 Å². The number of ether oxygens (including phenoxy) is 2. The van der Waals surface area contributed by atoms with Crippen molar-refractivity contribution in [2.75, 3.05) is 13.7 Å². The van der Waals surface area contributed by atoms with E-state index in [0.29, 0.717) is 60.2 Å². The van der Waals surface area contributed by atoms with Crippen molar-refractivity contribution in [2.45, 2.75) is 86.8 Å². The maximum Gasteiger partial charge on any atom is 0.259 e. The van der Waals surface area contributed by atoms with Crippen LogP contribution in [0, 0.1) is 5.92 Å². The Labute approximate surface area is 309 Å². The van der Waals surface area contributed by atoms with E-state index in [-0.39, 0.29) is 19.4 Å². The number of sulfonamides is 1. The molecule has 13 nitrogen and oxygen atoms in total. The van der Waals surface area contributed by atoms with E-state index in [2.05, 4.69) is 15.4 Å². The van der Waals surface area contributed by atoms with Gasteiger partial charge in [-0.1, -0.05) is 55.3 Å². The van der Waals surface area contributed by atoms with Gasteiger partial charge in [0.05, 0.1) is 30.1 Å². The number of benzene rings is 2. The van der Waals surface area contributed by atoms with Gasteiger partial charge in [-0.05, 0) is 50.7 Å². The zero-order chi connectivity index (χ0) is 37.3. The molecule has 7 rings (SSSR count). The predicted molar refractivity (Wildman–Crippen MR) is 198 cm³/mol. The molecule has 3 heterocycles. The van der Waals surface area contributed by atoms with Crippen LogP contribution in [0.15, 0.2) is 66.7 Å². The Morgan fingerprint density at radius 2 is 1.83 bits per heavy atom. The summed E-state index contributed by atoms with van der Waals surface area (Å²) in [5.41, 5.74) is 0.626. The number of nitrogens with one attached hydrogen (secondary N) is 3. The normalized spacial score (nSPS) is 26.3. The number of rotatable bonds is 8. The molecule has 0 spiro atoms. The molecule has 276 valence electrons. The van der Waals surface area contributed by atoms with Crippen LogP contribution in [-0.4, -0.2) is 92.3 Å². The topological polar surface area (TPSA) is 173 Å². The highest BCUT2D eigenvalue weighted by atomic mass is 32.2. The van der Waals surface area contributed by atoms with Crippen molar-refractivity contribution in [3.8, 4) is 22.8 Å². The lowest BCUT2D eigenvalue weighted by atomic mass is 10.0. The third-order valence-corrected chi connectivity index (χ3v) is 12.3. The van der Waals surface area contributed by atoms with Gasteiger partial charge in [0, 0.05) is 35.4 Å². The number of allylic oxidation sites excluding steroid dienone is 1. The van der Waals surface area contributed by atoms with E-state index < -0.39 is 68.4 Å². The van der Waals surface area contributed by atoms with Crippen LogP contribution in [-0.2, 0) is 24.4 Å². The summed E-state index contributed by atoms with van der Waals surface area (Å²) in [4.78, 5) is 60.6. The largest absolute Gasteiger partial charge is 0.497 e. The van der Waals surface area contributed by atoms with Crippen molar-refractivity contribution in [1.29, 1.82) is 0 Å². The minimum Gasteiger partial charge on any atom is -0.497 e. The minimum absolute atomic E-state index is 0.00686. The summed E-state index contributed by atoms with van der Waals surface area (Å²) in [6.45, 7) is -0.00686. The molecule has 15 heteroatoms. The Kier molecular flexibility index (Phi) is 10.2. The van der Waals surface area contributed by atoms with Gasteiger partial charge in [0.1, 0.15) is 35.2 Å². The first-order chi connectivity index (χ1) is 25.5. The molecular weight excluding hydrogens is 697 g/mol. The predicted octanol–water partition coefficient (Wildman–Crippen LogP) is 3.51. The summed E-state index contributed by atoms with van der Waals surface area (Å²) >= 11 is 0. The third kappa shape index (κ3) is 7.90. The zero-order valence-corrected chi connectivity index (χ0v) is 30.3. The Bertz CT molecular complexity index is 2060. The Hall–Kier alpha value is -4.92. The molecule has 1 unspecified atom stereocenters. The lowest BCUT2D eigenvalue weighted by Gasteiger charge is -2.29. The van der Waals surface area contributed by atoms with Crippen LogP contribution in [0.25, 0.3) is 22.2 Å². The summed E-state index contributed by atoms with van der Waals surface area (Å²) in [5, 5.41) is 5.51. The number of pyridine rings is 1. The van der Waals surface area contributed by atoms with Crippen LogP contribution in [0.5, 0.6) is 11.5 Å². The average Bonchev–Trinajstić information content (AvgIpc) is 4.07. The fraction of sp³-hybridized carbons (Fsp3) is 0.447. The Balaban J connectivity index is 1.22. The van der Waals surface area contributed by atoms with Crippen molar-refractivity contribution in [2.24, 2.45) is 5.92 Å². The SMILES string of the molecule is [B]C(=O)N[C@H]1CCCCCC=CC2C[C@@]2(C(=O)NS(=O)(=O)C2CC2)NC(=O)[C@@H]2C[C@@H](Oc3cc(-c4ccccc4)nc4cc(OC)ccc34)CN2C1=O. The lowest BCUT2D eigenvalue weighted by molar-refractivity contribution is -0.141. The van der Waals surface area contributed by atoms with Crippen molar-refractivity contribution in [3.63, 3.8) is 0 Å². The van der Waals surface area contributed by atoms with E-state index in [0.717, 1.165) is 18.4 Å². The first kappa shape index (κ1) is 36.4. The van der Waals surface area contributed by atoms with Crippen LogP contribution in [0.1, 0.15) is 57.8 Å². The summed E-state index contributed by atoms with van der Waals surface area (Å²) < 4.78 is 39.9. The van der Waals surface area contributed by atoms with Crippen LogP contribution in [0.2, 0.25) is 0 Å². The standard InChI is InChI=1S/C38H42BN5O8S/c1-51-25-14-17-28-31(18-25)40-30(23-10-6-5-7-11-23)20-33(28)52-26-19-32-34(45)42-38(36(47)43-53(49,50)27-15-16-27)21-24(38)12-8-3-2-4-9-13-29(41-37(39)48)35(46)44(32)22-26/h5-8,10-12,14,17-18,20,24,26-27,29,32H,2-4,9,13,15-16,19,21-22H2,1H3,(H,41,48)(H,42,45)(H,43,47)/t24?,26-,29+,32+,38-/m1/s1. The Morgan fingerprint density at radius 3 is 2.57 bits per heavy atom. The maximum absolute atomic E-state index is 14.3. The van der Waals surface area contributed by atoms with E-state index in [1.807, 2.05) is 54.6 Å². The number of hydrogen-bond acceptors (Lipinski definition) is 9. The second-order valence-electron chi connectivity index (χ2n) is 14.3. The van der Waals surface area contributed by atoms with Gasteiger partial charge >= 0.3 is 0 Å². The number of fused-ring (bicyclic) bond motifs is 3. The summed E-state index contributed by atoms with van der Waals surface area (Å²) in [6.07, 6.45) is 7.51. The van der Waals surface area contributed by atoms with E-state index in [4.69, 9.17) is 22.3 Å². The molecule has 5 atom stereocenters. The number of aromatic nitrogens is 1. The fourth-order valence-corrected chi connectivity index (χ4v) is 8.72. The van der Waals surface area contributed by atoms with Gasteiger partial charge in [0.15, 0.2) is 5.81 Å². The molecular formula is C38H42BN5O8S. The molecule has 4 aliphatic rings. The van der Waals surface area contributed by atoms with Gasteiger partial charge in [0.2, 0.25) is 29.7 Å². The van der Waals surface area contributed by atoms with E-state index >= 15 is 0 Å². The van der Waals surface area contributed by atoms with E-state index in [9.17, 15) is 27.6 Å².